The Hall–Kier alpha value is 0.700. The summed E-state index contributed by atoms with van der Waals surface area (Å²) in [7, 11) is 0. The van der Waals surface area contributed by atoms with Crippen molar-refractivity contribution in [2.24, 2.45) is 0 Å². The van der Waals surface area contributed by atoms with Crippen molar-refractivity contribution in [3.05, 3.63) is 5.25 Å². The van der Waals surface area contributed by atoms with Gasteiger partial charge < -0.3 is 0 Å². The topological polar surface area (TPSA) is 0 Å². The summed E-state index contributed by atoms with van der Waals surface area (Å²) in [6.07, 6.45) is 10.8. The Morgan fingerprint density at radius 1 is 0.889 bits per heavy atom. The Morgan fingerprint density at radius 2 is 1.50 bits per heavy atom. The van der Waals surface area contributed by atoms with Crippen LogP contribution >= 0.6 is 23.5 Å². The Morgan fingerprint density at radius 3 is 2.11 bits per heavy atom. The molecule has 0 spiro atoms. The highest BCUT2D eigenvalue weighted by atomic mass is 32.2. The molecule has 0 rings (SSSR count). The van der Waals surface area contributed by atoms with Crippen molar-refractivity contribution >= 4 is 23.5 Å². The van der Waals surface area contributed by atoms with Crippen LogP contribution < -0.4 is 0 Å². The molecule has 109 valence electrons. The van der Waals surface area contributed by atoms with Crippen LogP contribution in [0.15, 0.2) is 0 Å². The summed E-state index contributed by atoms with van der Waals surface area (Å²) in [4.78, 5) is 0. The third kappa shape index (κ3) is 11.8. The first-order chi connectivity index (χ1) is 8.74. The molecule has 0 bridgehead atoms. The van der Waals surface area contributed by atoms with E-state index >= 15 is 0 Å². The van der Waals surface area contributed by atoms with E-state index in [0.717, 1.165) is 5.25 Å². The van der Waals surface area contributed by atoms with Crippen molar-refractivity contribution in [3.63, 3.8) is 0 Å². The molecule has 18 heavy (non-hydrogen) atoms. The van der Waals surface area contributed by atoms with Crippen LogP contribution in [0.1, 0.15) is 79.1 Å². The molecule has 0 saturated heterocycles. The van der Waals surface area contributed by atoms with Crippen molar-refractivity contribution in [1.29, 1.82) is 0 Å². The quantitative estimate of drug-likeness (QED) is 0.352. The molecule has 1 unspecified atom stereocenters. The minimum absolute atomic E-state index is 0.810. The second-order valence-electron chi connectivity index (χ2n) is 5.05. The first-order valence-electron chi connectivity index (χ1n) is 7.83. The highest BCUT2D eigenvalue weighted by Gasteiger charge is 2.12. The van der Waals surface area contributed by atoms with Crippen LogP contribution in [0.4, 0.5) is 0 Å². The summed E-state index contributed by atoms with van der Waals surface area (Å²) >= 11 is 4.31. The zero-order valence-corrected chi connectivity index (χ0v) is 14.6. The molecule has 0 nitrogen and oxygen atoms in total. The molecular formula is C16H33S2. The second-order valence-corrected chi connectivity index (χ2v) is 7.89. The molecule has 0 amide bonds. The van der Waals surface area contributed by atoms with Gasteiger partial charge in [-0.25, -0.2) is 0 Å². The molecule has 0 saturated carbocycles. The number of unbranched alkanes of at least 4 members (excludes halogenated alkanes) is 2. The molecule has 0 aromatic heterocycles. The fourth-order valence-electron chi connectivity index (χ4n) is 1.70. The lowest BCUT2D eigenvalue weighted by Crippen LogP contribution is -2.02. The van der Waals surface area contributed by atoms with Crippen molar-refractivity contribution < 1.29 is 0 Å². The van der Waals surface area contributed by atoms with Gasteiger partial charge in [0.25, 0.3) is 0 Å². The molecule has 0 aliphatic rings. The van der Waals surface area contributed by atoms with E-state index in [1.807, 2.05) is 0 Å². The van der Waals surface area contributed by atoms with Gasteiger partial charge in [0.1, 0.15) is 0 Å². The van der Waals surface area contributed by atoms with E-state index in [1.54, 1.807) is 5.25 Å². The van der Waals surface area contributed by atoms with Gasteiger partial charge in [-0.3, -0.25) is 0 Å². The Kier molecular flexibility index (Phi) is 14.7. The van der Waals surface area contributed by atoms with E-state index in [1.165, 1.54) is 62.9 Å². The van der Waals surface area contributed by atoms with Gasteiger partial charge in [-0.05, 0) is 43.6 Å². The minimum atomic E-state index is 0.810. The zero-order valence-electron chi connectivity index (χ0n) is 13.0. The minimum Gasteiger partial charge on any atom is -0.162 e. The van der Waals surface area contributed by atoms with Crippen LogP contribution in [-0.2, 0) is 0 Å². The van der Waals surface area contributed by atoms with Gasteiger partial charge in [0, 0.05) is 10.5 Å². The van der Waals surface area contributed by atoms with Gasteiger partial charge in [0.05, 0.1) is 0 Å². The van der Waals surface area contributed by atoms with Gasteiger partial charge in [-0.1, -0.05) is 47.0 Å². The van der Waals surface area contributed by atoms with Crippen molar-refractivity contribution in [1.82, 2.24) is 0 Å². The maximum atomic E-state index is 2.37. The summed E-state index contributed by atoms with van der Waals surface area (Å²) in [5.74, 6) is 2.72. The molecule has 2 heteroatoms. The predicted octanol–water partition coefficient (Wildman–Crippen LogP) is 6.55. The fourth-order valence-corrected chi connectivity index (χ4v) is 4.01. The third-order valence-corrected chi connectivity index (χ3v) is 5.77. The maximum absolute atomic E-state index is 2.37. The van der Waals surface area contributed by atoms with E-state index in [2.05, 4.69) is 51.2 Å². The molecule has 0 fully saturated rings. The van der Waals surface area contributed by atoms with Gasteiger partial charge in [0.2, 0.25) is 0 Å². The van der Waals surface area contributed by atoms with Crippen LogP contribution in [0, 0.1) is 5.25 Å². The third-order valence-electron chi connectivity index (χ3n) is 3.14. The largest absolute Gasteiger partial charge is 0.162 e. The Labute approximate surface area is 124 Å². The smallest absolute Gasteiger partial charge is 0.0309 e. The molecule has 0 aliphatic heterocycles. The average molecular weight is 290 g/mol. The Bertz CT molecular complexity index is 159. The van der Waals surface area contributed by atoms with Gasteiger partial charge in [-0.2, -0.15) is 23.5 Å². The Balaban J connectivity index is 3.65. The highest BCUT2D eigenvalue weighted by Crippen LogP contribution is 2.34. The molecular weight excluding hydrogens is 256 g/mol. The number of rotatable bonds is 13. The average Bonchev–Trinajstić information content (AvgIpc) is 2.39. The van der Waals surface area contributed by atoms with E-state index in [-0.39, 0.29) is 0 Å². The normalized spacial score (nSPS) is 13.2. The zero-order chi connectivity index (χ0) is 13.6. The first kappa shape index (κ1) is 18.7. The van der Waals surface area contributed by atoms with Gasteiger partial charge in [-0.15, -0.1) is 0 Å². The van der Waals surface area contributed by atoms with Gasteiger partial charge >= 0.3 is 0 Å². The SMILES string of the molecule is CCCCSCCC[C](CCCC)SC(C)CC. The fraction of sp³-hybridized carbons (Fsp3) is 0.938. The van der Waals surface area contributed by atoms with Crippen molar-refractivity contribution in [2.75, 3.05) is 11.5 Å². The second kappa shape index (κ2) is 14.1. The van der Waals surface area contributed by atoms with E-state index in [4.69, 9.17) is 0 Å². The van der Waals surface area contributed by atoms with Crippen molar-refractivity contribution in [2.45, 2.75) is 84.3 Å². The number of hydrogen-bond donors (Lipinski definition) is 0. The summed E-state index contributed by atoms with van der Waals surface area (Å²) in [6, 6.07) is 0. The molecule has 0 N–H and O–H groups in total. The first-order valence-corrected chi connectivity index (χ1v) is 9.87. The van der Waals surface area contributed by atoms with Crippen LogP contribution in [0.2, 0.25) is 0 Å². The predicted molar refractivity (Wildman–Crippen MR) is 91.6 cm³/mol. The lowest BCUT2D eigenvalue weighted by molar-refractivity contribution is 0.718. The summed E-state index contributed by atoms with van der Waals surface area (Å²) in [6.45, 7) is 9.24. The molecule has 1 atom stereocenters. The lowest BCUT2D eigenvalue weighted by atomic mass is 10.1. The molecule has 0 aliphatic carbocycles. The summed E-state index contributed by atoms with van der Waals surface area (Å²) < 4.78 is 0. The molecule has 0 aromatic rings. The molecule has 0 aromatic carbocycles. The summed E-state index contributed by atoms with van der Waals surface area (Å²) in [5.41, 5.74) is 0. The summed E-state index contributed by atoms with van der Waals surface area (Å²) in [5, 5.41) is 2.58. The number of hydrogen-bond acceptors (Lipinski definition) is 2. The maximum Gasteiger partial charge on any atom is 0.0309 e. The van der Waals surface area contributed by atoms with Crippen LogP contribution in [-0.4, -0.2) is 16.8 Å². The molecule has 1 radical (unpaired) electrons. The highest BCUT2D eigenvalue weighted by molar-refractivity contribution is 8.02. The standard InChI is InChI=1S/C16H33S2/c1-5-8-11-16(18-15(4)7-3)12-10-14-17-13-9-6-2/h15H,5-14H2,1-4H3. The lowest BCUT2D eigenvalue weighted by Gasteiger charge is -2.19. The van der Waals surface area contributed by atoms with E-state index in [9.17, 15) is 0 Å². The van der Waals surface area contributed by atoms with Gasteiger partial charge in [0.15, 0.2) is 0 Å². The van der Waals surface area contributed by atoms with E-state index in [0.29, 0.717) is 0 Å². The van der Waals surface area contributed by atoms with E-state index < -0.39 is 0 Å². The van der Waals surface area contributed by atoms with Crippen LogP contribution in [0.5, 0.6) is 0 Å². The molecule has 0 heterocycles. The monoisotopic (exact) mass is 289 g/mol. The number of thioether (sulfide) groups is 2. The van der Waals surface area contributed by atoms with Crippen LogP contribution in [0.3, 0.4) is 0 Å². The van der Waals surface area contributed by atoms with Crippen LogP contribution in [0.25, 0.3) is 0 Å². The van der Waals surface area contributed by atoms with Crippen molar-refractivity contribution in [3.8, 4) is 0 Å².